The molecule has 1 fully saturated rings. The van der Waals surface area contributed by atoms with Crippen molar-refractivity contribution < 1.29 is 19.2 Å². The topological polar surface area (TPSA) is 123 Å². The molecule has 2 aromatic carbocycles. The van der Waals surface area contributed by atoms with Crippen molar-refractivity contribution in [2.75, 3.05) is 11.5 Å². The molecule has 9 nitrogen and oxygen atoms in total. The molecule has 5 rings (SSSR count). The molecule has 3 atom stereocenters. The van der Waals surface area contributed by atoms with Gasteiger partial charge in [-0.05, 0) is 36.8 Å². The summed E-state index contributed by atoms with van der Waals surface area (Å²) in [5.41, 5.74) is 0.829. The van der Waals surface area contributed by atoms with Crippen LogP contribution in [0.4, 0.5) is 11.4 Å². The van der Waals surface area contributed by atoms with Crippen molar-refractivity contribution in [2.24, 2.45) is 5.92 Å². The number of non-ortho nitro benzene ring substituents is 1. The fourth-order valence-electron chi connectivity index (χ4n) is 4.32. The van der Waals surface area contributed by atoms with Crippen LogP contribution in [-0.4, -0.2) is 33.6 Å². The van der Waals surface area contributed by atoms with E-state index in [4.69, 9.17) is 4.74 Å². The zero-order valence-corrected chi connectivity index (χ0v) is 18.9. The van der Waals surface area contributed by atoms with E-state index < -0.39 is 27.9 Å². The number of carbonyl (C=O) groups excluding carboxylic acids is 2. The molecule has 0 aliphatic carbocycles. The number of hydrogen-bond acceptors (Lipinski definition) is 8. The number of ether oxygens (including phenoxy) is 1. The zero-order chi connectivity index (χ0) is 23.3. The monoisotopic (exact) mass is 483 g/mol. The van der Waals surface area contributed by atoms with Crippen LogP contribution < -0.4 is 14.5 Å². The lowest BCUT2D eigenvalue weighted by molar-refractivity contribution is -0.384. The number of thiazole rings is 1. The Balaban J connectivity index is 1.60. The number of hydrogen-bond donors (Lipinski definition) is 1. The molecule has 0 bridgehead atoms. The minimum atomic E-state index is -0.796. The largest absolute Gasteiger partial charge is 0.494 e. The molecular weight excluding hydrogens is 466 g/mol. The lowest BCUT2D eigenvalue weighted by Gasteiger charge is -2.29. The third kappa shape index (κ3) is 3.53. The van der Waals surface area contributed by atoms with Crippen LogP contribution in [0.1, 0.15) is 23.3 Å². The highest BCUT2D eigenvalue weighted by Crippen LogP contribution is 2.53. The average molecular weight is 484 g/mol. The molecule has 2 aliphatic heterocycles. The van der Waals surface area contributed by atoms with Gasteiger partial charge in [0.2, 0.25) is 11.8 Å². The summed E-state index contributed by atoms with van der Waals surface area (Å²) in [5.74, 6) is -1.60. The standard InChI is InChI=1S/C22H17N3O6S2/c1-2-31-14-8-6-12(7-9-14)24-20(26)16-15(11-4-3-5-13(10-11)25(29)30)17-19(23-22(28)33-17)32-18(16)21(24)27/h3-10,15-16,18H,2H2,1H3,(H,23,28)/t15-,16-,18+/m1/s1. The molecule has 2 amide bonds. The highest BCUT2D eigenvalue weighted by Gasteiger charge is 2.56. The number of thioether (sulfide) groups is 1. The minimum absolute atomic E-state index is 0.119. The number of imide groups is 1. The zero-order valence-electron chi connectivity index (χ0n) is 17.2. The second kappa shape index (κ2) is 8.16. The molecule has 2 aliphatic rings. The molecule has 0 spiro atoms. The van der Waals surface area contributed by atoms with Gasteiger partial charge >= 0.3 is 4.87 Å². The maximum atomic E-state index is 13.6. The molecule has 1 aromatic heterocycles. The summed E-state index contributed by atoms with van der Waals surface area (Å²) in [6, 6.07) is 12.7. The number of nitro benzene ring substituents is 1. The first-order chi connectivity index (χ1) is 15.9. The number of nitrogens with one attached hydrogen (secondary N) is 1. The molecule has 0 unspecified atom stereocenters. The Hall–Kier alpha value is -3.44. The third-order valence-electron chi connectivity index (χ3n) is 5.67. The van der Waals surface area contributed by atoms with Gasteiger partial charge in [-0.1, -0.05) is 35.2 Å². The number of aromatic amines is 1. The van der Waals surface area contributed by atoms with Crippen molar-refractivity contribution in [1.29, 1.82) is 0 Å². The maximum Gasteiger partial charge on any atom is 0.305 e. The Labute approximate surface area is 195 Å². The first-order valence-electron chi connectivity index (χ1n) is 10.1. The number of benzene rings is 2. The molecule has 1 N–H and O–H groups in total. The normalized spacial score (nSPS) is 21.6. The summed E-state index contributed by atoms with van der Waals surface area (Å²) in [6.07, 6.45) is 0. The van der Waals surface area contributed by atoms with Crippen LogP contribution in [-0.2, 0) is 9.59 Å². The van der Waals surface area contributed by atoms with Crippen LogP contribution in [0.25, 0.3) is 0 Å². The molecule has 33 heavy (non-hydrogen) atoms. The molecule has 3 heterocycles. The quantitative estimate of drug-likeness (QED) is 0.334. The summed E-state index contributed by atoms with van der Waals surface area (Å²) in [5, 5.41) is 11.1. The third-order valence-corrected chi connectivity index (χ3v) is 8.07. The van der Waals surface area contributed by atoms with E-state index in [1.807, 2.05) is 6.92 Å². The van der Waals surface area contributed by atoms with E-state index in [9.17, 15) is 24.5 Å². The minimum Gasteiger partial charge on any atom is -0.494 e. The van der Waals surface area contributed by atoms with Gasteiger partial charge in [-0.25, -0.2) is 4.90 Å². The Kier molecular flexibility index (Phi) is 5.29. The first-order valence-corrected chi connectivity index (χ1v) is 11.8. The maximum absolute atomic E-state index is 13.6. The number of nitro groups is 1. The number of H-pyrrole nitrogens is 1. The summed E-state index contributed by atoms with van der Waals surface area (Å²) < 4.78 is 5.44. The number of aromatic nitrogens is 1. The van der Waals surface area contributed by atoms with Crippen molar-refractivity contribution in [3.8, 4) is 5.75 Å². The molecule has 1 saturated heterocycles. The SMILES string of the molecule is CCOc1ccc(N2C(=O)[C@@H]3[C@@H](c4cccc([N+](=O)[O-])c4)c4sc(=O)[nH]c4S[C@@H]3C2=O)cc1. The van der Waals surface area contributed by atoms with Gasteiger partial charge in [0.05, 0.1) is 28.2 Å². The van der Waals surface area contributed by atoms with Crippen LogP contribution in [0.2, 0.25) is 0 Å². The van der Waals surface area contributed by atoms with Crippen LogP contribution in [0.15, 0.2) is 58.4 Å². The number of rotatable bonds is 5. The second-order valence-corrected chi connectivity index (χ2v) is 9.71. The van der Waals surface area contributed by atoms with Gasteiger partial charge in [-0.15, -0.1) is 0 Å². The van der Waals surface area contributed by atoms with Crippen LogP contribution in [0.5, 0.6) is 5.75 Å². The Morgan fingerprint density at radius 1 is 1.12 bits per heavy atom. The second-order valence-electron chi connectivity index (χ2n) is 7.54. The van der Waals surface area contributed by atoms with Crippen molar-refractivity contribution in [3.63, 3.8) is 0 Å². The van der Waals surface area contributed by atoms with Crippen LogP contribution in [0, 0.1) is 16.0 Å². The summed E-state index contributed by atoms with van der Waals surface area (Å²) in [4.78, 5) is 54.2. The van der Waals surface area contributed by atoms with Gasteiger partial charge in [-0.3, -0.25) is 24.5 Å². The highest BCUT2D eigenvalue weighted by atomic mass is 32.2. The highest BCUT2D eigenvalue weighted by molar-refractivity contribution is 8.00. The Morgan fingerprint density at radius 3 is 2.58 bits per heavy atom. The lowest BCUT2D eigenvalue weighted by atomic mass is 9.83. The van der Waals surface area contributed by atoms with E-state index in [0.717, 1.165) is 28.0 Å². The smallest absolute Gasteiger partial charge is 0.305 e. The van der Waals surface area contributed by atoms with Gasteiger partial charge in [-0.2, -0.15) is 0 Å². The molecule has 3 aromatic rings. The van der Waals surface area contributed by atoms with E-state index in [2.05, 4.69) is 4.98 Å². The molecular formula is C22H17N3O6S2. The lowest BCUT2D eigenvalue weighted by Crippen LogP contribution is -2.32. The van der Waals surface area contributed by atoms with Crippen molar-refractivity contribution >= 4 is 46.3 Å². The van der Waals surface area contributed by atoms with E-state index >= 15 is 0 Å². The summed E-state index contributed by atoms with van der Waals surface area (Å²) in [6.45, 7) is 2.35. The number of amides is 2. The number of nitrogens with zero attached hydrogens (tertiary/aromatic N) is 2. The van der Waals surface area contributed by atoms with Crippen molar-refractivity contribution in [2.45, 2.75) is 23.1 Å². The first kappa shape index (κ1) is 21.4. The molecule has 0 saturated carbocycles. The summed E-state index contributed by atoms with van der Waals surface area (Å²) in [7, 11) is 0. The Morgan fingerprint density at radius 2 is 1.88 bits per heavy atom. The number of anilines is 1. The molecule has 168 valence electrons. The fraction of sp³-hybridized carbons (Fsp3) is 0.227. The van der Waals surface area contributed by atoms with Crippen molar-refractivity contribution in [3.05, 3.63) is 78.8 Å². The molecule has 0 radical (unpaired) electrons. The average Bonchev–Trinajstić information content (AvgIpc) is 3.29. The van der Waals surface area contributed by atoms with Gasteiger partial charge in [0, 0.05) is 22.9 Å². The Bertz CT molecular complexity index is 1330. The van der Waals surface area contributed by atoms with E-state index in [1.165, 1.54) is 12.1 Å². The van der Waals surface area contributed by atoms with Crippen molar-refractivity contribution in [1.82, 2.24) is 4.98 Å². The van der Waals surface area contributed by atoms with E-state index in [1.54, 1.807) is 36.4 Å². The van der Waals surface area contributed by atoms with Crippen LogP contribution >= 0.6 is 23.1 Å². The van der Waals surface area contributed by atoms with Crippen LogP contribution in [0.3, 0.4) is 0 Å². The predicted molar refractivity (Wildman–Crippen MR) is 123 cm³/mol. The van der Waals surface area contributed by atoms with E-state index in [0.29, 0.717) is 33.5 Å². The fourth-order valence-corrected chi connectivity index (χ4v) is 6.84. The van der Waals surface area contributed by atoms with Gasteiger partial charge in [0.25, 0.3) is 5.69 Å². The van der Waals surface area contributed by atoms with Gasteiger partial charge in [0.15, 0.2) is 0 Å². The van der Waals surface area contributed by atoms with E-state index in [-0.39, 0.29) is 16.5 Å². The molecule has 11 heteroatoms. The van der Waals surface area contributed by atoms with Gasteiger partial charge < -0.3 is 9.72 Å². The number of fused-ring (bicyclic) bond motifs is 2. The van der Waals surface area contributed by atoms with Gasteiger partial charge in [0.1, 0.15) is 11.0 Å². The summed E-state index contributed by atoms with van der Waals surface area (Å²) >= 11 is 2.13. The predicted octanol–water partition coefficient (Wildman–Crippen LogP) is 3.54. The number of carbonyl (C=O) groups is 2.